The average molecular weight is 342 g/mol. The van der Waals surface area contributed by atoms with E-state index in [1.807, 2.05) is 18.2 Å². The van der Waals surface area contributed by atoms with Gasteiger partial charge in [-0.05, 0) is 29.7 Å². The number of aliphatic hydroxyl groups is 1. The summed E-state index contributed by atoms with van der Waals surface area (Å²) in [6.45, 7) is 3.59. The number of hydrogen-bond donors (Lipinski definition) is 1. The van der Waals surface area contributed by atoms with Gasteiger partial charge in [0.15, 0.2) is 6.10 Å². The Labute approximate surface area is 147 Å². The van der Waals surface area contributed by atoms with Gasteiger partial charge in [-0.1, -0.05) is 42.5 Å². The summed E-state index contributed by atoms with van der Waals surface area (Å²) in [5, 5.41) is 10.3. The zero-order valence-corrected chi connectivity index (χ0v) is 14.1. The van der Waals surface area contributed by atoms with E-state index in [1.54, 1.807) is 29.2 Å². The Bertz CT molecular complexity index is 691. The van der Waals surface area contributed by atoms with Gasteiger partial charge >= 0.3 is 0 Å². The third kappa shape index (κ3) is 4.65. The molecule has 1 aliphatic heterocycles. The minimum Gasteiger partial charge on any atom is -0.378 e. The number of carbonyl (C=O) groups is 1. The van der Waals surface area contributed by atoms with Crippen molar-refractivity contribution in [2.24, 2.45) is 0 Å². The van der Waals surface area contributed by atoms with Crippen molar-refractivity contribution < 1.29 is 14.3 Å². The van der Waals surface area contributed by atoms with Crippen molar-refractivity contribution in [1.82, 2.24) is 9.80 Å². The van der Waals surface area contributed by atoms with E-state index in [0.29, 0.717) is 18.7 Å². The van der Waals surface area contributed by atoms with Crippen LogP contribution in [0.1, 0.15) is 23.7 Å². The van der Waals surface area contributed by atoms with Crippen molar-refractivity contribution in [2.75, 3.05) is 26.2 Å². The van der Waals surface area contributed by atoms with E-state index in [-0.39, 0.29) is 11.7 Å². The number of rotatable bonds is 4. The van der Waals surface area contributed by atoms with Gasteiger partial charge in [0.25, 0.3) is 5.91 Å². The van der Waals surface area contributed by atoms with E-state index in [9.17, 15) is 14.3 Å². The maximum atomic E-state index is 13.0. The van der Waals surface area contributed by atoms with Crippen molar-refractivity contribution in [2.45, 2.75) is 19.1 Å². The molecule has 25 heavy (non-hydrogen) atoms. The summed E-state index contributed by atoms with van der Waals surface area (Å²) in [5.41, 5.74) is 1.69. The second kappa shape index (κ2) is 8.23. The van der Waals surface area contributed by atoms with Crippen LogP contribution in [0, 0.1) is 5.82 Å². The number of benzene rings is 2. The van der Waals surface area contributed by atoms with Crippen molar-refractivity contribution >= 4 is 5.91 Å². The molecule has 1 aliphatic rings. The second-order valence-electron chi connectivity index (χ2n) is 6.39. The van der Waals surface area contributed by atoms with Crippen molar-refractivity contribution in [3.8, 4) is 0 Å². The molecule has 2 aromatic carbocycles. The maximum absolute atomic E-state index is 13.0. The largest absolute Gasteiger partial charge is 0.378 e. The molecular formula is C20H23FN2O2. The number of halogens is 1. The molecule has 0 saturated carbocycles. The molecule has 1 heterocycles. The molecule has 0 bridgehead atoms. The van der Waals surface area contributed by atoms with Gasteiger partial charge in [0.2, 0.25) is 0 Å². The molecule has 4 nitrogen and oxygen atoms in total. The first-order valence-corrected chi connectivity index (χ1v) is 8.62. The number of hydrogen-bond acceptors (Lipinski definition) is 3. The lowest BCUT2D eigenvalue weighted by Gasteiger charge is -2.24. The monoisotopic (exact) mass is 342 g/mol. The van der Waals surface area contributed by atoms with Crippen LogP contribution in [0.4, 0.5) is 4.39 Å². The van der Waals surface area contributed by atoms with Gasteiger partial charge < -0.3 is 10.0 Å². The Morgan fingerprint density at radius 1 is 1.00 bits per heavy atom. The first-order chi connectivity index (χ1) is 12.1. The van der Waals surface area contributed by atoms with Crippen LogP contribution in [0.5, 0.6) is 0 Å². The molecule has 0 radical (unpaired) electrons. The highest BCUT2D eigenvalue weighted by atomic mass is 19.1. The zero-order valence-electron chi connectivity index (χ0n) is 14.1. The molecule has 132 valence electrons. The van der Waals surface area contributed by atoms with Crippen LogP contribution in [0.25, 0.3) is 0 Å². The molecule has 0 aromatic heterocycles. The van der Waals surface area contributed by atoms with Crippen LogP contribution in [0.15, 0.2) is 54.6 Å². The van der Waals surface area contributed by atoms with Crippen molar-refractivity contribution in [1.29, 1.82) is 0 Å². The van der Waals surface area contributed by atoms with Crippen LogP contribution in [0.2, 0.25) is 0 Å². The Kier molecular flexibility index (Phi) is 5.79. The molecule has 1 saturated heterocycles. The van der Waals surface area contributed by atoms with E-state index in [0.717, 1.165) is 31.6 Å². The third-order valence-corrected chi connectivity index (χ3v) is 4.57. The van der Waals surface area contributed by atoms with Gasteiger partial charge in [-0.3, -0.25) is 9.69 Å². The smallest absolute Gasteiger partial charge is 0.256 e. The SMILES string of the molecule is O=C(C(O)c1ccccc1)N1CCCN(Cc2ccc(F)cc2)CC1. The van der Waals surface area contributed by atoms with Crippen LogP contribution in [0.3, 0.4) is 0 Å². The molecule has 0 aliphatic carbocycles. The van der Waals surface area contributed by atoms with Gasteiger partial charge in [0.05, 0.1) is 0 Å². The maximum Gasteiger partial charge on any atom is 0.256 e. The fraction of sp³-hybridized carbons (Fsp3) is 0.350. The lowest BCUT2D eigenvalue weighted by Crippen LogP contribution is -2.38. The van der Waals surface area contributed by atoms with E-state index >= 15 is 0 Å². The average Bonchev–Trinajstić information content (AvgIpc) is 2.89. The molecule has 5 heteroatoms. The summed E-state index contributed by atoms with van der Waals surface area (Å²) in [5.74, 6) is -0.471. The predicted molar refractivity (Wildman–Crippen MR) is 94.3 cm³/mol. The number of carbonyl (C=O) groups excluding carboxylic acids is 1. The summed E-state index contributed by atoms with van der Waals surface area (Å²) in [6.07, 6.45) is -0.251. The van der Waals surface area contributed by atoms with Gasteiger partial charge in [-0.2, -0.15) is 0 Å². The summed E-state index contributed by atoms with van der Waals surface area (Å²) in [7, 11) is 0. The minimum absolute atomic E-state index is 0.230. The molecule has 1 amide bonds. The fourth-order valence-electron chi connectivity index (χ4n) is 3.15. The molecule has 1 unspecified atom stereocenters. The normalized spacial score (nSPS) is 17.1. The van der Waals surface area contributed by atoms with Crippen molar-refractivity contribution in [3.05, 3.63) is 71.5 Å². The molecule has 2 aromatic rings. The summed E-state index contributed by atoms with van der Waals surface area (Å²) in [6, 6.07) is 15.6. The zero-order chi connectivity index (χ0) is 17.6. The minimum atomic E-state index is -1.11. The molecule has 1 N–H and O–H groups in total. The van der Waals surface area contributed by atoms with Crippen LogP contribution < -0.4 is 0 Å². The summed E-state index contributed by atoms with van der Waals surface area (Å²) >= 11 is 0. The topological polar surface area (TPSA) is 43.8 Å². The highest BCUT2D eigenvalue weighted by Crippen LogP contribution is 2.17. The number of nitrogens with zero attached hydrogens (tertiary/aromatic N) is 2. The van der Waals surface area contributed by atoms with Gasteiger partial charge in [-0.25, -0.2) is 4.39 Å². The lowest BCUT2D eigenvalue weighted by molar-refractivity contribution is -0.140. The Morgan fingerprint density at radius 3 is 2.44 bits per heavy atom. The van der Waals surface area contributed by atoms with Gasteiger partial charge in [-0.15, -0.1) is 0 Å². The van der Waals surface area contributed by atoms with Crippen LogP contribution in [-0.2, 0) is 11.3 Å². The van der Waals surface area contributed by atoms with Crippen molar-refractivity contribution in [3.63, 3.8) is 0 Å². The summed E-state index contributed by atoms with van der Waals surface area (Å²) < 4.78 is 13.0. The van der Waals surface area contributed by atoms with Crippen LogP contribution in [-0.4, -0.2) is 47.0 Å². The third-order valence-electron chi connectivity index (χ3n) is 4.57. The lowest BCUT2D eigenvalue weighted by atomic mass is 10.1. The van der Waals surface area contributed by atoms with E-state index in [1.165, 1.54) is 12.1 Å². The van der Waals surface area contributed by atoms with Gasteiger partial charge in [0.1, 0.15) is 5.82 Å². The molecule has 1 atom stereocenters. The second-order valence-corrected chi connectivity index (χ2v) is 6.39. The van der Waals surface area contributed by atoms with E-state index in [2.05, 4.69) is 4.90 Å². The standard InChI is InChI=1S/C20H23FN2O2/c21-18-9-7-16(8-10-18)15-22-11-4-12-23(14-13-22)20(25)19(24)17-5-2-1-3-6-17/h1-3,5-10,19,24H,4,11-15H2. The van der Waals surface area contributed by atoms with E-state index in [4.69, 9.17) is 0 Å². The first-order valence-electron chi connectivity index (χ1n) is 8.62. The Hall–Kier alpha value is -2.24. The van der Waals surface area contributed by atoms with Gasteiger partial charge in [0, 0.05) is 32.7 Å². The first kappa shape index (κ1) is 17.6. The summed E-state index contributed by atoms with van der Waals surface area (Å²) in [4.78, 5) is 16.6. The fourth-order valence-corrected chi connectivity index (χ4v) is 3.15. The molecule has 3 rings (SSSR count). The van der Waals surface area contributed by atoms with Crippen LogP contribution >= 0.6 is 0 Å². The quantitative estimate of drug-likeness (QED) is 0.929. The molecule has 1 fully saturated rings. The molecular weight excluding hydrogens is 319 g/mol. The molecule has 0 spiro atoms. The number of aliphatic hydroxyl groups excluding tert-OH is 1. The highest BCUT2D eigenvalue weighted by molar-refractivity contribution is 5.82. The van der Waals surface area contributed by atoms with E-state index < -0.39 is 6.10 Å². The highest BCUT2D eigenvalue weighted by Gasteiger charge is 2.25. The Balaban J connectivity index is 1.57. The Morgan fingerprint density at radius 2 is 1.72 bits per heavy atom. The number of amides is 1. The predicted octanol–water partition coefficient (Wildman–Crippen LogP) is 2.59.